The van der Waals surface area contributed by atoms with E-state index in [4.69, 9.17) is 24.7 Å². The second-order valence-electron chi connectivity index (χ2n) is 8.18. The number of nitrogens with two attached hydrogens (primary N) is 1. The van der Waals surface area contributed by atoms with Crippen LogP contribution in [0.1, 0.15) is 30.9 Å². The Morgan fingerprint density at radius 2 is 2.06 bits per heavy atom. The number of fused-ring (bicyclic) bond motifs is 1. The Bertz CT molecular complexity index is 1010. The Morgan fingerprint density at radius 3 is 2.91 bits per heavy atom. The molecule has 1 aliphatic heterocycles. The van der Waals surface area contributed by atoms with Crippen LogP contribution in [0, 0.1) is 11.8 Å². The zero-order valence-corrected chi connectivity index (χ0v) is 18.3. The van der Waals surface area contributed by atoms with Gasteiger partial charge in [-0.05, 0) is 54.2 Å². The molecule has 2 aromatic carbocycles. The van der Waals surface area contributed by atoms with Gasteiger partial charge in [-0.2, -0.15) is 0 Å². The first-order valence-electron chi connectivity index (χ1n) is 11.0. The van der Waals surface area contributed by atoms with Gasteiger partial charge in [0.1, 0.15) is 36.3 Å². The molecule has 4 rings (SSSR count). The van der Waals surface area contributed by atoms with Crippen molar-refractivity contribution >= 4 is 5.97 Å². The maximum Gasteiger partial charge on any atom is 0.310 e. The van der Waals surface area contributed by atoms with Gasteiger partial charge in [-0.3, -0.25) is 10.5 Å². The highest BCUT2D eigenvalue weighted by atomic mass is 16.5. The molecule has 2 aliphatic rings. The van der Waals surface area contributed by atoms with Crippen molar-refractivity contribution in [3.05, 3.63) is 77.6 Å². The summed E-state index contributed by atoms with van der Waals surface area (Å²) in [5.74, 6) is 3.20. The highest BCUT2D eigenvalue weighted by Crippen LogP contribution is 2.32. The molecule has 0 saturated heterocycles. The van der Waals surface area contributed by atoms with E-state index in [0.29, 0.717) is 37.7 Å². The number of esters is 1. The van der Waals surface area contributed by atoms with Gasteiger partial charge >= 0.3 is 5.97 Å². The number of hydrogen-bond acceptors (Lipinski definition) is 6. The average Bonchev–Trinajstić information content (AvgIpc) is 3.00. The van der Waals surface area contributed by atoms with E-state index in [2.05, 4.69) is 13.0 Å². The molecule has 1 heterocycles. The maximum atomic E-state index is 12.1. The molecule has 2 unspecified atom stereocenters. The number of carbonyl (C=O) groups excluding carboxylic acids is 1. The molecule has 0 aromatic heterocycles. The number of allylic oxidation sites excluding steroid dienone is 4. The molecule has 6 heteroatoms. The highest BCUT2D eigenvalue weighted by Gasteiger charge is 2.25. The van der Waals surface area contributed by atoms with Crippen LogP contribution in [0.25, 0.3) is 0 Å². The number of rotatable bonds is 7. The Morgan fingerprint density at radius 1 is 1.16 bits per heavy atom. The molecular formula is C26H29NO5. The zero-order chi connectivity index (χ0) is 22.3. The summed E-state index contributed by atoms with van der Waals surface area (Å²) >= 11 is 0. The molecule has 32 heavy (non-hydrogen) atoms. The third kappa shape index (κ3) is 5.71. The lowest BCUT2D eigenvalue weighted by atomic mass is 9.97. The van der Waals surface area contributed by atoms with Gasteiger partial charge in [0.2, 0.25) is 0 Å². The van der Waals surface area contributed by atoms with E-state index in [1.54, 1.807) is 0 Å². The van der Waals surface area contributed by atoms with Gasteiger partial charge in [0.25, 0.3) is 0 Å². The van der Waals surface area contributed by atoms with Crippen molar-refractivity contribution in [3.8, 4) is 17.2 Å². The van der Waals surface area contributed by atoms with E-state index in [0.717, 1.165) is 34.8 Å². The third-order valence-electron chi connectivity index (χ3n) is 5.59. The first-order valence-corrected chi connectivity index (χ1v) is 11.0. The lowest BCUT2D eigenvalue weighted by Crippen LogP contribution is -2.23. The van der Waals surface area contributed by atoms with Gasteiger partial charge in [0.05, 0.1) is 12.5 Å². The molecule has 6 nitrogen and oxygen atoms in total. The molecule has 2 N–H and O–H groups in total. The van der Waals surface area contributed by atoms with Crippen LogP contribution >= 0.6 is 0 Å². The van der Waals surface area contributed by atoms with Gasteiger partial charge in [-0.1, -0.05) is 37.3 Å². The van der Waals surface area contributed by atoms with Gasteiger partial charge in [0.15, 0.2) is 0 Å². The van der Waals surface area contributed by atoms with Crippen molar-refractivity contribution in [2.75, 3.05) is 13.3 Å². The second-order valence-corrected chi connectivity index (χ2v) is 8.18. The van der Waals surface area contributed by atoms with Crippen LogP contribution in [0.4, 0.5) is 0 Å². The number of ether oxygens (including phenoxy) is 4. The van der Waals surface area contributed by atoms with Crippen molar-refractivity contribution in [3.63, 3.8) is 0 Å². The lowest BCUT2D eigenvalue weighted by molar-refractivity contribution is -0.148. The van der Waals surface area contributed by atoms with Crippen molar-refractivity contribution in [2.45, 2.75) is 32.8 Å². The first-order chi connectivity index (χ1) is 15.6. The summed E-state index contributed by atoms with van der Waals surface area (Å²) in [7, 11) is 0. The van der Waals surface area contributed by atoms with Gasteiger partial charge in [0, 0.05) is 12.5 Å². The van der Waals surface area contributed by atoms with Crippen LogP contribution in [0.2, 0.25) is 0 Å². The minimum Gasteiger partial charge on any atom is -0.493 e. The molecule has 0 spiro atoms. The average molecular weight is 436 g/mol. The standard InChI is InChI=1S/C26H29NO5/c1-18-4-2-6-23(12-18)32-24-7-3-5-19(13-24)16-30-22-9-8-20-14-21(26(28)31-17-27)10-11-29-25(20)15-22/h2-9,13,15,18,21H,10-12,14,16-17,27H2,1H3. The largest absolute Gasteiger partial charge is 0.493 e. The first kappa shape index (κ1) is 22.0. The fourth-order valence-corrected chi connectivity index (χ4v) is 3.91. The van der Waals surface area contributed by atoms with Gasteiger partial charge in [-0.15, -0.1) is 0 Å². The molecule has 0 fully saturated rings. The molecule has 0 radical (unpaired) electrons. The van der Waals surface area contributed by atoms with Crippen LogP contribution in [0.15, 0.2) is 66.5 Å². The summed E-state index contributed by atoms with van der Waals surface area (Å²) < 4.78 is 22.9. The minimum absolute atomic E-state index is 0.101. The fourth-order valence-electron chi connectivity index (χ4n) is 3.91. The second kappa shape index (κ2) is 10.4. The SMILES string of the molecule is CC1C=CC=C(Oc2cccc(COc3ccc4c(c3)OCCC(C(=O)OCN)C4)c2)C1. The summed E-state index contributed by atoms with van der Waals surface area (Å²) in [5.41, 5.74) is 7.31. The summed E-state index contributed by atoms with van der Waals surface area (Å²) in [6, 6.07) is 13.7. The summed E-state index contributed by atoms with van der Waals surface area (Å²) in [5, 5.41) is 0. The highest BCUT2D eigenvalue weighted by molar-refractivity contribution is 5.73. The Kier molecular flexibility index (Phi) is 7.12. The molecule has 0 amide bonds. The summed E-state index contributed by atoms with van der Waals surface area (Å²) in [6.07, 6.45) is 8.29. The Balaban J connectivity index is 1.37. The van der Waals surface area contributed by atoms with E-state index in [1.807, 2.05) is 54.6 Å². The van der Waals surface area contributed by atoms with Gasteiger partial charge in [-0.25, -0.2) is 0 Å². The van der Waals surface area contributed by atoms with E-state index in [9.17, 15) is 4.79 Å². The van der Waals surface area contributed by atoms with Crippen molar-refractivity contribution in [2.24, 2.45) is 17.6 Å². The Labute approximate surface area is 188 Å². The zero-order valence-electron chi connectivity index (χ0n) is 18.3. The maximum absolute atomic E-state index is 12.1. The summed E-state index contributed by atoms with van der Waals surface area (Å²) in [6.45, 7) is 2.93. The minimum atomic E-state index is -0.277. The van der Waals surface area contributed by atoms with Crippen LogP contribution < -0.4 is 19.9 Å². The lowest BCUT2D eigenvalue weighted by Gasteiger charge is -2.16. The third-order valence-corrected chi connectivity index (χ3v) is 5.59. The monoisotopic (exact) mass is 435 g/mol. The molecular weight excluding hydrogens is 406 g/mol. The van der Waals surface area contributed by atoms with E-state index >= 15 is 0 Å². The van der Waals surface area contributed by atoms with Crippen molar-refractivity contribution in [1.29, 1.82) is 0 Å². The van der Waals surface area contributed by atoms with Crippen molar-refractivity contribution in [1.82, 2.24) is 0 Å². The van der Waals surface area contributed by atoms with E-state index in [-0.39, 0.29) is 18.6 Å². The predicted octanol–water partition coefficient (Wildman–Crippen LogP) is 4.52. The van der Waals surface area contributed by atoms with Crippen molar-refractivity contribution < 1.29 is 23.7 Å². The molecule has 2 aromatic rings. The molecule has 0 bridgehead atoms. The van der Waals surface area contributed by atoms with Crippen LogP contribution in [-0.4, -0.2) is 19.3 Å². The number of carbonyl (C=O) groups is 1. The Hall–Kier alpha value is -3.25. The van der Waals surface area contributed by atoms with E-state index < -0.39 is 0 Å². The van der Waals surface area contributed by atoms with Crippen LogP contribution in [-0.2, 0) is 22.6 Å². The smallest absolute Gasteiger partial charge is 0.310 e. The fraction of sp³-hybridized carbons (Fsp3) is 0.346. The van der Waals surface area contributed by atoms with Crippen LogP contribution in [0.5, 0.6) is 17.2 Å². The predicted molar refractivity (Wildman–Crippen MR) is 121 cm³/mol. The summed E-state index contributed by atoms with van der Waals surface area (Å²) in [4.78, 5) is 12.1. The van der Waals surface area contributed by atoms with E-state index in [1.165, 1.54) is 0 Å². The molecule has 1 aliphatic carbocycles. The number of hydrogen-bond donors (Lipinski definition) is 1. The number of benzene rings is 2. The van der Waals surface area contributed by atoms with Crippen LogP contribution in [0.3, 0.4) is 0 Å². The normalized spacial score (nSPS) is 19.8. The molecule has 168 valence electrons. The topological polar surface area (TPSA) is 80.0 Å². The molecule has 2 atom stereocenters. The van der Waals surface area contributed by atoms with Gasteiger partial charge < -0.3 is 18.9 Å². The quantitative estimate of drug-likeness (QED) is 0.509. The molecule has 0 saturated carbocycles.